The number of carbonyl (C=O) groups is 4. The van der Waals surface area contributed by atoms with Crippen LogP contribution in [0.2, 0.25) is 0 Å². The van der Waals surface area contributed by atoms with Gasteiger partial charge in [-0.25, -0.2) is 4.79 Å². The Kier molecular flexibility index (Phi) is 44.5. The van der Waals surface area contributed by atoms with Crippen LogP contribution in [0.4, 0.5) is 0 Å². The molecular formula is C59H104O12. The summed E-state index contributed by atoms with van der Waals surface area (Å²) >= 11 is 0. The van der Waals surface area contributed by atoms with E-state index in [1.165, 1.54) is 103 Å². The molecule has 0 aromatic carbocycles. The highest BCUT2D eigenvalue weighted by atomic mass is 16.7. The van der Waals surface area contributed by atoms with Crippen LogP contribution in [-0.2, 0) is 42.9 Å². The highest BCUT2D eigenvalue weighted by molar-refractivity contribution is 5.74. The summed E-state index contributed by atoms with van der Waals surface area (Å²) in [5.41, 5.74) is 0. The van der Waals surface area contributed by atoms with Gasteiger partial charge in [0.2, 0.25) is 0 Å². The topological polar surface area (TPSA) is 175 Å². The SMILES string of the molecule is CCC/C=C\C/C=C\CCCCCCCC(=O)OC(COC(=O)CCCCCCCCC/C=C\CCCCCCCC)COC1OC(C(=O)O)C(O)C(O)C1OC(=O)CCCCCCCCCCCCC. The fraction of sp³-hybridized carbons (Fsp3) is 0.831. The first-order chi connectivity index (χ1) is 34.6. The number of unbranched alkanes of at least 4 members (excludes halogenated alkanes) is 29. The van der Waals surface area contributed by atoms with Gasteiger partial charge in [0.15, 0.2) is 24.6 Å². The number of ether oxygens (including phenoxy) is 5. The van der Waals surface area contributed by atoms with Crippen LogP contribution in [0.3, 0.4) is 0 Å². The highest BCUT2D eigenvalue weighted by Gasteiger charge is 2.50. The quantitative estimate of drug-likeness (QED) is 0.0228. The molecule has 1 rings (SSSR count). The zero-order chi connectivity index (χ0) is 51.8. The molecule has 0 bridgehead atoms. The molecule has 0 aromatic rings. The normalized spacial score (nSPS) is 18.7. The predicted molar refractivity (Wildman–Crippen MR) is 285 cm³/mol. The number of hydrogen-bond acceptors (Lipinski definition) is 11. The minimum atomic E-state index is -1.90. The number of rotatable bonds is 49. The van der Waals surface area contributed by atoms with Crippen LogP contribution >= 0.6 is 0 Å². The maximum atomic E-state index is 13.1. The Balaban J connectivity index is 2.69. The molecule has 0 aromatic heterocycles. The van der Waals surface area contributed by atoms with Gasteiger partial charge in [-0.1, -0.05) is 211 Å². The lowest BCUT2D eigenvalue weighted by Gasteiger charge is -2.40. The Bertz CT molecular complexity index is 1380. The molecule has 0 amide bonds. The van der Waals surface area contributed by atoms with Crippen molar-refractivity contribution in [2.45, 2.75) is 302 Å². The predicted octanol–water partition coefficient (Wildman–Crippen LogP) is 14.5. The van der Waals surface area contributed by atoms with Crippen molar-refractivity contribution in [3.8, 4) is 0 Å². The Morgan fingerprint density at radius 2 is 0.873 bits per heavy atom. The molecule has 1 aliphatic rings. The number of esters is 3. The fourth-order valence-electron chi connectivity index (χ4n) is 8.69. The van der Waals surface area contributed by atoms with E-state index in [0.29, 0.717) is 19.3 Å². The third-order valence-electron chi connectivity index (χ3n) is 13.2. The van der Waals surface area contributed by atoms with E-state index in [-0.39, 0.29) is 25.9 Å². The van der Waals surface area contributed by atoms with E-state index in [4.69, 9.17) is 23.7 Å². The molecule has 0 saturated carbocycles. The molecule has 6 unspecified atom stereocenters. The van der Waals surface area contributed by atoms with Crippen molar-refractivity contribution in [1.29, 1.82) is 0 Å². The lowest BCUT2D eigenvalue weighted by Crippen LogP contribution is -2.61. The standard InChI is InChI=1S/C59H104O12/c1-4-7-10-13-16-19-22-24-25-26-27-29-31-33-36-39-42-45-51(60)67-48-50(69-52(61)46-43-40-37-35-32-28-23-20-17-14-11-8-5-2)49-68-59-57(55(64)54(63)56(71-59)58(65)66)70-53(62)47-44-41-38-34-30-21-18-15-12-9-6-3/h11,14,20,23-25,50,54-57,59,63-64H,4-10,12-13,15-19,21-22,26-49H2,1-3H3,(H,65,66)/b14-11-,23-20-,25-24-. The Hall–Kier alpha value is -3.06. The molecule has 71 heavy (non-hydrogen) atoms. The Morgan fingerprint density at radius 3 is 1.34 bits per heavy atom. The van der Waals surface area contributed by atoms with E-state index in [0.717, 1.165) is 103 Å². The third kappa shape index (κ3) is 38.2. The molecule has 6 atom stereocenters. The maximum Gasteiger partial charge on any atom is 0.335 e. The molecule has 1 fully saturated rings. The van der Waals surface area contributed by atoms with Gasteiger partial charge in [-0.05, 0) is 70.6 Å². The summed E-state index contributed by atoms with van der Waals surface area (Å²) in [4.78, 5) is 51.0. The third-order valence-corrected chi connectivity index (χ3v) is 13.2. The van der Waals surface area contributed by atoms with E-state index in [2.05, 4.69) is 57.2 Å². The second-order valence-corrected chi connectivity index (χ2v) is 19.9. The Morgan fingerprint density at radius 1 is 0.465 bits per heavy atom. The van der Waals surface area contributed by atoms with Crippen molar-refractivity contribution in [3.05, 3.63) is 36.5 Å². The van der Waals surface area contributed by atoms with Crippen molar-refractivity contribution in [2.75, 3.05) is 13.2 Å². The summed E-state index contributed by atoms with van der Waals surface area (Å²) in [7, 11) is 0. The second-order valence-electron chi connectivity index (χ2n) is 19.9. The fourth-order valence-corrected chi connectivity index (χ4v) is 8.69. The minimum Gasteiger partial charge on any atom is -0.479 e. The average molecular weight is 1010 g/mol. The summed E-state index contributed by atoms with van der Waals surface area (Å²) in [6, 6.07) is 0. The van der Waals surface area contributed by atoms with Crippen LogP contribution < -0.4 is 0 Å². The van der Waals surface area contributed by atoms with Crippen molar-refractivity contribution in [3.63, 3.8) is 0 Å². The number of allylic oxidation sites excluding steroid dienone is 6. The van der Waals surface area contributed by atoms with Crippen LogP contribution in [0.1, 0.15) is 265 Å². The zero-order valence-electron chi connectivity index (χ0n) is 45.2. The Labute approximate surface area is 431 Å². The number of aliphatic hydroxyl groups is 2. The van der Waals surface area contributed by atoms with E-state index in [1.807, 2.05) is 0 Å². The van der Waals surface area contributed by atoms with E-state index < -0.39 is 67.3 Å². The lowest BCUT2D eigenvalue weighted by atomic mass is 9.98. The maximum absolute atomic E-state index is 13.1. The molecule has 0 spiro atoms. The first kappa shape index (κ1) is 66.0. The van der Waals surface area contributed by atoms with Gasteiger partial charge < -0.3 is 39.0 Å². The van der Waals surface area contributed by atoms with Crippen molar-refractivity contribution < 1.29 is 58.2 Å². The van der Waals surface area contributed by atoms with Gasteiger partial charge in [0.25, 0.3) is 0 Å². The van der Waals surface area contributed by atoms with E-state index >= 15 is 0 Å². The summed E-state index contributed by atoms with van der Waals surface area (Å²) in [5.74, 6) is -3.12. The molecule has 1 aliphatic heterocycles. The van der Waals surface area contributed by atoms with Crippen molar-refractivity contribution in [1.82, 2.24) is 0 Å². The molecule has 12 nitrogen and oxygen atoms in total. The van der Waals surface area contributed by atoms with Gasteiger partial charge >= 0.3 is 23.9 Å². The molecule has 412 valence electrons. The summed E-state index contributed by atoms with van der Waals surface area (Å²) < 4.78 is 28.4. The van der Waals surface area contributed by atoms with Crippen LogP contribution in [0.25, 0.3) is 0 Å². The molecular weight excluding hydrogens is 901 g/mol. The van der Waals surface area contributed by atoms with Gasteiger partial charge in [0, 0.05) is 19.3 Å². The van der Waals surface area contributed by atoms with Gasteiger partial charge in [-0.15, -0.1) is 0 Å². The first-order valence-corrected chi connectivity index (χ1v) is 29.0. The molecule has 3 N–H and O–H groups in total. The smallest absolute Gasteiger partial charge is 0.335 e. The first-order valence-electron chi connectivity index (χ1n) is 29.0. The van der Waals surface area contributed by atoms with Crippen LogP contribution in [-0.4, -0.2) is 89.2 Å². The van der Waals surface area contributed by atoms with Crippen LogP contribution in [0.15, 0.2) is 36.5 Å². The highest BCUT2D eigenvalue weighted by Crippen LogP contribution is 2.26. The second kappa shape index (κ2) is 47.9. The van der Waals surface area contributed by atoms with E-state index in [1.54, 1.807) is 0 Å². The number of hydrogen-bond donors (Lipinski definition) is 3. The summed E-state index contributed by atoms with van der Waals surface area (Å²) in [6.45, 7) is 5.90. The van der Waals surface area contributed by atoms with Crippen LogP contribution in [0.5, 0.6) is 0 Å². The number of aliphatic carboxylic acids is 1. The molecule has 1 saturated heterocycles. The zero-order valence-corrected chi connectivity index (χ0v) is 45.2. The summed E-state index contributed by atoms with van der Waals surface area (Å²) in [5, 5.41) is 31.4. The number of carboxylic acid groups (broad SMARTS) is 1. The van der Waals surface area contributed by atoms with Gasteiger partial charge in [0.1, 0.15) is 18.8 Å². The van der Waals surface area contributed by atoms with Gasteiger partial charge in [-0.3, -0.25) is 14.4 Å². The number of carboxylic acids is 1. The number of aliphatic hydroxyl groups excluding tert-OH is 2. The average Bonchev–Trinajstić information content (AvgIpc) is 3.35. The molecule has 0 radical (unpaired) electrons. The number of carbonyl (C=O) groups excluding carboxylic acids is 3. The monoisotopic (exact) mass is 1000 g/mol. The van der Waals surface area contributed by atoms with Crippen LogP contribution in [0, 0.1) is 0 Å². The van der Waals surface area contributed by atoms with Gasteiger partial charge in [0.05, 0.1) is 6.61 Å². The van der Waals surface area contributed by atoms with E-state index in [9.17, 15) is 34.5 Å². The van der Waals surface area contributed by atoms with Crippen molar-refractivity contribution >= 4 is 23.9 Å². The molecule has 1 heterocycles. The van der Waals surface area contributed by atoms with Crippen molar-refractivity contribution in [2.24, 2.45) is 0 Å². The lowest BCUT2D eigenvalue weighted by molar-refractivity contribution is -0.301. The minimum absolute atomic E-state index is 0.0624. The van der Waals surface area contributed by atoms with Gasteiger partial charge in [-0.2, -0.15) is 0 Å². The largest absolute Gasteiger partial charge is 0.479 e. The molecule has 12 heteroatoms. The molecule has 0 aliphatic carbocycles. The summed E-state index contributed by atoms with van der Waals surface area (Å²) in [6.07, 6.45) is 42.7.